The van der Waals surface area contributed by atoms with Gasteiger partial charge < -0.3 is 5.32 Å². The minimum absolute atomic E-state index is 0.123. The van der Waals surface area contributed by atoms with Gasteiger partial charge in [-0.1, -0.05) is 11.6 Å². The zero-order chi connectivity index (χ0) is 11.4. The van der Waals surface area contributed by atoms with Crippen molar-refractivity contribution in [3.8, 4) is 0 Å². The number of carbonyl (C=O) groups excluding carboxylic acids is 2. The third-order valence-corrected chi connectivity index (χ3v) is 2.19. The van der Waals surface area contributed by atoms with Crippen molar-refractivity contribution in [1.29, 1.82) is 0 Å². The van der Waals surface area contributed by atoms with Crippen LogP contribution in [-0.4, -0.2) is 17.7 Å². The van der Waals surface area contributed by atoms with Crippen LogP contribution < -0.4 is 5.32 Å². The molecule has 0 aliphatic heterocycles. The fourth-order valence-corrected chi connectivity index (χ4v) is 1.36. The molecule has 1 atom stereocenters. The molecule has 3 nitrogen and oxygen atoms in total. The molecule has 0 spiro atoms. The van der Waals surface area contributed by atoms with Crippen LogP contribution in [0.5, 0.6) is 0 Å². The number of benzene rings is 1. The van der Waals surface area contributed by atoms with E-state index in [4.69, 9.17) is 11.6 Å². The second-order valence-corrected chi connectivity index (χ2v) is 3.73. The van der Waals surface area contributed by atoms with Gasteiger partial charge in [0.05, 0.1) is 6.04 Å². The highest BCUT2D eigenvalue weighted by Gasteiger charge is 2.15. The highest BCUT2D eigenvalue weighted by Crippen LogP contribution is 2.11. The number of hydrogen-bond acceptors (Lipinski definition) is 2. The van der Waals surface area contributed by atoms with Crippen molar-refractivity contribution < 1.29 is 9.59 Å². The van der Waals surface area contributed by atoms with Crippen molar-refractivity contribution in [1.82, 2.24) is 5.32 Å². The molecule has 80 valence electrons. The fraction of sp³-hybridized carbons (Fsp3) is 0.273. The minimum Gasteiger partial charge on any atom is -0.346 e. The van der Waals surface area contributed by atoms with E-state index < -0.39 is 6.04 Å². The van der Waals surface area contributed by atoms with Crippen molar-refractivity contribution in [2.45, 2.75) is 19.9 Å². The maximum atomic E-state index is 11.7. The SMILES string of the molecule is CC(=O)NC(C)C(=O)c1ccc(Cl)cc1. The summed E-state index contributed by atoms with van der Waals surface area (Å²) in [7, 11) is 0. The Morgan fingerprint density at radius 2 is 1.80 bits per heavy atom. The Labute approximate surface area is 93.4 Å². The highest BCUT2D eigenvalue weighted by molar-refractivity contribution is 6.30. The van der Waals surface area contributed by atoms with Gasteiger partial charge in [-0.05, 0) is 31.2 Å². The Hall–Kier alpha value is -1.35. The number of nitrogens with one attached hydrogen (secondary N) is 1. The van der Waals surface area contributed by atoms with Gasteiger partial charge >= 0.3 is 0 Å². The molecule has 0 saturated heterocycles. The fourth-order valence-electron chi connectivity index (χ4n) is 1.23. The average Bonchev–Trinajstić information content (AvgIpc) is 2.17. The summed E-state index contributed by atoms with van der Waals surface area (Å²) in [6, 6.07) is 6.07. The van der Waals surface area contributed by atoms with Gasteiger partial charge in [0.25, 0.3) is 0 Å². The molecule has 0 aromatic heterocycles. The molecule has 1 N–H and O–H groups in total. The lowest BCUT2D eigenvalue weighted by Crippen LogP contribution is -2.37. The van der Waals surface area contributed by atoms with Gasteiger partial charge in [-0.2, -0.15) is 0 Å². The van der Waals surface area contributed by atoms with Gasteiger partial charge in [-0.15, -0.1) is 0 Å². The van der Waals surface area contributed by atoms with E-state index in [9.17, 15) is 9.59 Å². The van der Waals surface area contributed by atoms with E-state index in [1.54, 1.807) is 31.2 Å². The third kappa shape index (κ3) is 3.36. The quantitative estimate of drug-likeness (QED) is 0.801. The second-order valence-electron chi connectivity index (χ2n) is 3.29. The smallest absolute Gasteiger partial charge is 0.217 e. The van der Waals surface area contributed by atoms with Crippen LogP contribution in [0.4, 0.5) is 0 Å². The Balaban J connectivity index is 2.76. The molecule has 1 unspecified atom stereocenters. The van der Waals surface area contributed by atoms with Gasteiger partial charge in [-0.3, -0.25) is 9.59 Å². The molecule has 1 aromatic rings. The summed E-state index contributed by atoms with van der Waals surface area (Å²) < 4.78 is 0. The number of hydrogen-bond donors (Lipinski definition) is 1. The monoisotopic (exact) mass is 225 g/mol. The predicted molar refractivity (Wildman–Crippen MR) is 59.1 cm³/mol. The molecule has 0 aliphatic carbocycles. The normalized spacial score (nSPS) is 11.9. The summed E-state index contributed by atoms with van der Waals surface area (Å²) in [5, 5.41) is 3.12. The van der Waals surface area contributed by atoms with E-state index in [0.717, 1.165) is 0 Å². The number of carbonyl (C=O) groups is 2. The molecule has 0 heterocycles. The summed E-state index contributed by atoms with van der Waals surface area (Å²) in [4.78, 5) is 22.5. The standard InChI is InChI=1S/C11H12ClNO2/c1-7(13-8(2)14)11(15)9-3-5-10(12)6-4-9/h3-7H,1-2H3,(H,13,14). The molecule has 0 aliphatic rings. The molecule has 0 radical (unpaired) electrons. The summed E-state index contributed by atoms with van der Waals surface area (Å²) >= 11 is 5.70. The Morgan fingerprint density at radius 1 is 1.27 bits per heavy atom. The molecule has 15 heavy (non-hydrogen) atoms. The first-order valence-electron chi connectivity index (χ1n) is 4.57. The van der Waals surface area contributed by atoms with E-state index in [2.05, 4.69) is 5.32 Å². The van der Waals surface area contributed by atoms with Gasteiger partial charge in [0.2, 0.25) is 5.91 Å². The Kier molecular flexibility index (Phi) is 3.86. The maximum absolute atomic E-state index is 11.7. The number of amides is 1. The van der Waals surface area contributed by atoms with Crippen LogP contribution >= 0.6 is 11.6 Å². The van der Waals surface area contributed by atoms with Crippen LogP contribution in [0.25, 0.3) is 0 Å². The summed E-state index contributed by atoms with van der Waals surface area (Å²) in [6.07, 6.45) is 0. The molecule has 1 amide bonds. The van der Waals surface area contributed by atoms with Crippen LogP contribution in [0, 0.1) is 0 Å². The average molecular weight is 226 g/mol. The Morgan fingerprint density at radius 3 is 2.27 bits per heavy atom. The van der Waals surface area contributed by atoms with E-state index >= 15 is 0 Å². The van der Waals surface area contributed by atoms with Crippen LogP contribution in [0.1, 0.15) is 24.2 Å². The summed E-state index contributed by atoms with van der Waals surface area (Å²) in [5.74, 6) is -0.341. The molecule has 1 aromatic carbocycles. The summed E-state index contributed by atoms with van der Waals surface area (Å²) in [5.41, 5.74) is 0.542. The lowest BCUT2D eigenvalue weighted by atomic mass is 10.1. The second kappa shape index (κ2) is 4.94. The lowest BCUT2D eigenvalue weighted by Gasteiger charge is -2.10. The summed E-state index contributed by atoms with van der Waals surface area (Å²) in [6.45, 7) is 3.03. The zero-order valence-corrected chi connectivity index (χ0v) is 9.34. The van der Waals surface area contributed by atoms with Gasteiger partial charge in [0, 0.05) is 17.5 Å². The molecular weight excluding hydrogens is 214 g/mol. The van der Waals surface area contributed by atoms with Gasteiger partial charge in [-0.25, -0.2) is 0 Å². The Bertz CT molecular complexity index is 373. The third-order valence-electron chi connectivity index (χ3n) is 1.94. The van der Waals surface area contributed by atoms with Crippen LogP contribution in [0.3, 0.4) is 0 Å². The van der Waals surface area contributed by atoms with Crippen LogP contribution in [0.15, 0.2) is 24.3 Å². The van der Waals surface area contributed by atoms with Gasteiger partial charge in [0.1, 0.15) is 0 Å². The lowest BCUT2D eigenvalue weighted by molar-refractivity contribution is -0.119. The van der Waals surface area contributed by atoms with Crippen molar-refractivity contribution in [3.63, 3.8) is 0 Å². The number of halogens is 1. The highest BCUT2D eigenvalue weighted by atomic mass is 35.5. The van der Waals surface area contributed by atoms with Crippen molar-refractivity contribution >= 4 is 23.3 Å². The maximum Gasteiger partial charge on any atom is 0.217 e. The van der Waals surface area contributed by atoms with Crippen molar-refractivity contribution in [2.24, 2.45) is 0 Å². The van der Waals surface area contributed by atoms with Crippen LogP contribution in [0.2, 0.25) is 5.02 Å². The van der Waals surface area contributed by atoms with Crippen molar-refractivity contribution in [2.75, 3.05) is 0 Å². The van der Waals surface area contributed by atoms with Crippen LogP contribution in [-0.2, 0) is 4.79 Å². The molecule has 0 bridgehead atoms. The molecular formula is C11H12ClNO2. The molecule has 1 rings (SSSR count). The molecule has 0 saturated carbocycles. The first kappa shape index (κ1) is 11.7. The zero-order valence-electron chi connectivity index (χ0n) is 8.58. The van der Waals surface area contributed by atoms with E-state index in [-0.39, 0.29) is 11.7 Å². The number of Topliss-reactive ketones (excluding diaryl/α,β-unsaturated/α-hetero) is 1. The molecule has 4 heteroatoms. The van der Waals surface area contributed by atoms with E-state index in [0.29, 0.717) is 10.6 Å². The number of ketones is 1. The number of rotatable bonds is 3. The largest absolute Gasteiger partial charge is 0.346 e. The van der Waals surface area contributed by atoms with Gasteiger partial charge in [0.15, 0.2) is 5.78 Å². The first-order chi connectivity index (χ1) is 7.00. The van der Waals surface area contributed by atoms with E-state index in [1.165, 1.54) is 6.92 Å². The topological polar surface area (TPSA) is 46.2 Å². The molecule has 0 fully saturated rings. The first-order valence-corrected chi connectivity index (χ1v) is 4.95. The van der Waals surface area contributed by atoms with Crippen molar-refractivity contribution in [3.05, 3.63) is 34.9 Å². The van der Waals surface area contributed by atoms with E-state index in [1.807, 2.05) is 0 Å². The minimum atomic E-state index is -0.510. The predicted octanol–water partition coefficient (Wildman–Crippen LogP) is 2.05.